The number of H-pyrrole nitrogens is 1. The van der Waals surface area contributed by atoms with E-state index in [0.29, 0.717) is 40.2 Å². The van der Waals surface area contributed by atoms with E-state index >= 15 is 0 Å². The van der Waals surface area contributed by atoms with Crippen LogP contribution in [0.15, 0.2) is 0 Å². The summed E-state index contributed by atoms with van der Waals surface area (Å²) in [5.74, 6) is -0.257. The molecule has 0 spiro atoms. The van der Waals surface area contributed by atoms with Gasteiger partial charge < -0.3 is 9.72 Å². The highest BCUT2D eigenvalue weighted by molar-refractivity contribution is 7.15. The summed E-state index contributed by atoms with van der Waals surface area (Å²) < 4.78 is 5.03. The fraction of sp³-hybridized carbons (Fsp3) is 0.467. The van der Waals surface area contributed by atoms with E-state index in [0.717, 1.165) is 17.8 Å². The molecule has 1 aliphatic carbocycles. The molecule has 1 saturated carbocycles. The second-order valence-corrected chi connectivity index (χ2v) is 6.53. The van der Waals surface area contributed by atoms with Gasteiger partial charge in [-0.1, -0.05) is 11.3 Å². The van der Waals surface area contributed by atoms with Crippen molar-refractivity contribution in [2.24, 2.45) is 0 Å². The van der Waals surface area contributed by atoms with Crippen LogP contribution in [0.2, 0.25) is 0 Å². The smallest absolute Gasteiger partial charge is 0.340 e. The maximum Gasteiger partial charge on any atom is 0.340 e. The molecule has 0 radical (unpaired) electrons. The van der Waals surface area contributed by atoms with Crippen molar-refractivity contribution in [1.82, 2.24) is 15.2 Å². The molecule has 2 aromatic rings. The number of carbonyl (C=O) groups is 2. The summed E-state index contributed by atoms with van der Waals surface area (Å²) in [6, 6.07) is 0. The lowest BCUT2D eigenvalue weighted by Crippen LogP contribution is -2.14. The number of hydrogen-bond acceptors (Lipinski definition) is 6. The number of aryl methyl sites for hydroxylation is 1. The monoisotopic (exact) mass is 334 g/mol. The van der Waals surface area contributed by atoms with Crippen LogP contribution in [0.25, 0.3) is 0 Å². The van der Waals surface area contributed by atoms with Gasteiger partial charge in [0.05, 0.1) is 12.2 Å². The normalized spacial score (nSPS) is 13.9. The fourth-order valence-corrected chi connectivity index (χ4v) is 3.33. The molecule has 2 aromatic heterocycles. The number of nitrogens with one attached hydrogen (secondary N) is 2. The molecule has 1 aliphatic rings. The van der Waals surface area contributed by atoms with Crippen molar-refractivity contribution in [3.8, 4) is 0 Å². The molecule has 1 amide bonds. The van der Waals surface area contributed by atoms with Crippen molar-refractivity contribution >= 4 is 28.3 Å². The number of nitrogens with zero attached hydrogens (tertiary/aromatic N) is 2. The van der Waals surface area contributed by atoms with Crippen LogP contribution in [0.3, 0.4) is 0 Å². The molecule has 0 aliphatic heterocycles. The second-order valence-electron chi connectivity index (χ2n) is 5.52. The van der Waals surface area contributed by atoms with E-state index in [1.54, 1.807) is 20.8 Å². The molecule has 2 heterocycles. The Morgan fingerprint density at radius 2 is 2.09 bits per heavy atom. The van der Waals surface area contributed by atoms with Crippen molar-refractivity contribution in [1.29, 1.82) is 0 Å². The first-order chi connectivity index (χ1) is 11.0. The van der Waals surface area contributed by atoms with Gasteiger partial charge in [0, 0.05) is 11.6 Å². The molecule has 0 atom stereocenters. The maximum atomic E-state index is 12.4. The SMILES string of the molecule is CCOC(=O)c1c(C)[nH]c(C(=O)Nc2nnc(C3CC3)s2)c1C. The lowest BCUT2D eigenvalue weighted by atomic mass is 10.1. The first-order valence-corrected chi connectivity index (χ1v) is 8.34. The van der Waals surface area contributed by atoms with Gasteiger partial charge in [0.15, 0.2) is 0 Å². The van der Waals surface area contributed by atoms with Crippen LogP contribution in [0.5, 0.6) is 0 Å². The Balaban J connectivity index is 1.78. The highest BCUT2D eigenvalue weighted by atomic mass is 32.1. The number of aromatic amines is 1. The van der Waals surface area contributed by atoms with E-state index < -0.39 is 5.97 Å². The molecule has 7 nitrogen and oxygen atoms in total. The summed E-state index contributed by atoms with van der Waals surface area (Å²) in [6.07, 6.45) is 2.28. The minimum atomic E-state index is -0.426. The highest BCUT2D eigenvalue weighted by Crippen LogP contribution is 2.42. The number of esters is 1. The molecule has 8 heteroatoms. The third-order valence-electron chi connectivity index (χ3n) is 3.73. The highest BCUT2D eigenvalue weighted by Gasteiger charge is 2.28. The van der Waals surface area contributed by atoms with Gasteiger partial charge in [0.25, 0.3) is 5.91 Å². The van der Waals surface area contributed by atoms with Crippen molar-refractivity contribution in [3.05, 3.63) is 27.5 Å². The molecule has 23 heavy (non-hydrogen) atoms. The lowest BCUT2D eigenvalue weighted by Gasteiger charge is -2.03. The van der Waals surface area contributed by atoms with E-state index in [1.807, 2.05) is 0 Å². The Kier molecular flexibility index (Phi) is 4.16. The zero-order valence-corrected chi connectivity index (χ0v) is 14.0. The summed E-state index contributed by atoms with van der Waals surface area (Å²) >= 11 is 1.40. The molecular formula is C15H18N4O3S. The van der Waals surface area contributed by atoms with Crippen LogP contribution < -0.4 is 5.32 Å². The number of amides is 1. The Hall–Kier alpha value is -2.22. The molecular weight excluding hydrogens is 316 g/mol. The Bertz CT molecular complexity index is 761. The molecule has 0 bridgehead atoms. The van der Waals surface area contributed by atoms with Crippen molar-refractivity contribution < 1.29 is 14.3 Å². The van der Waals surface area contributed by atoms with Gasteiger partial charge in [-0.2, -0.15) is 0 Å². The summed E-state index contributed by atoms with van der Waals surface area (Å²) in [7, 11) is 0. The third-order valence-corrected chi connectivity index (χ3v) is 4.73. The van der Waals surface area contributed by atoms with E-state index in [4.69, 9.17) is 4.74 Å². The maximum absolute atomic E-state index is 12.4. The largest absolute Gasteiger partial charge is 0.462 e. The second kappa shape index (κ2) is 6.11. The Morgan fingerprint density at radius 3 is 2.74 bits per heavy atom. The van der Waals surface area contributed by atoms with E-state index in [2.05, 4.69) is 20.5 Å². The summed E-state index contributed by atoms with van der Waals surface area (Å²) in [4.78, 5) is 27.3. The molecule has 3 rings (SSSR count). The predicted octanol–water partition coefficient (Wildman–Crippen LogP) is 2.79. The van der Waals surface area contributed by atoms with Gasteiger partial charge >= 0.3 is 5.97 Å². The quantitative estimate of drug-likeness (QED) is 0.820. The van der Waals surface area contributed by atoms with Gasteiger partial charge in [0.2, 0.25) is 5.13 Å². The fourth-order valence-electron chi connectivity index (χ4n) is 2.43. The Morgan fingerprint density at radius 1 is 1.35 bits per heavy atom. The first-order valence-electron chi connectivity index (χ1n) is 7.52. The van der Waals surface area contributed by atoms with E-state index in [1.165, 1.54) is 11.3 Å². The van der Waals surface area contributed by atoms with Gasteiger partial charge in [-0.3, -0.25) is 10.1 Å². The zero-order chi connectivity index (χ0) is 16.6. The Labute approximate surface area is 137 Å². The van der Waals surface area contributed by atoms with Crippen LogP contribution in [0, 0.1) is 13.8 Å². The third kappa shape index (κ3) is 3.12. The van der Waals surface area contributed by atoms with Crippen molar-refractivity contribution in [2.45, 2.75) is 39.5 Å². The van der Waals surface area contributed by atoms with Gasteiger partial charge in [0.1, 0.15) is 10.7 Å². The first kappa shape index (κ1) is 15.7. The zero-order valence-electron chi connectivity index (χ0n) is 13.2. The van der Waals surface area contributed by atoms with Gasteiger partial charge in [-0.25, -0.2) is 4.79 Å². The number of rotatable bonds is 5. The lowest BCUT2D eigenvalue weighted by molar-refractivity contribution is 0.0525. The molecule has 0 aromatic carbocycles. The van der Waals surface area contributed by atoms with E-state index in [9.17, 15) is 9.59 Å². The minimum Gasteiger partial charge on any atom is -0.462 e. The number of anilines is 1. The molecule has 1 fully saturated rings. The summed E-state index contributed by atoms with van der Waals surface area (Å²) in [5.41, 5.74) is 1.94. The summed E-state index contributed by atoms with van der Waals surface area (Å²) in [6.45, 7) is 5.50. The van der Waals surface area contributed by atoms with Crippen LogP contribution in [0.1, 0.15) is 62.8 Å². The standard InChI is InChI=1S/C15H18N4O3S/c1-4-22-14(21)10-7(2)11(16-8(10)3)12(20)17-15-19-18-13(23-15)9-5-6-9/h9,16H,4-6H2,1-3H3,(H,17,19,20). The van der Waals surface area contributed by atoms with Crippen LogP contribution in [-0.2, 0) is 4.74 Å². The van der Waals surface area contributed by atoms with Crippen molar-refractivity contribution in [3.63, 3.8) is 0 Å². The van der Waals surface area contributed by atoms with Gasteiger partial charge in [-0.15, -0.1) is 10.2 Å². The minimum absolute atomic E-state index is 0.291. The van der Waals surface area contributed by atoms with Crippen LogP contribution in [0.4, 0.5) is 5.13 Å². The van der Waals surface area contributed by atoms with Crippen molar-refractivity contribution in [2.75, 3.05) is 11.9 Å². The molecule has 122 valence electrons. The van der Waals surface area contributed by atoms with E-state index in [-0.39, 0.29) is 5.91 Å². The number of hydrogen-bond donors (Lipinski definition) is 2. The topological polar surface area (TPSA) is 97.0 Å². The van der Waals surface area contributed by atoms with Gasteiger partial charge in [-0.05, 0) is 39.2 Å². The molecule has 2 N–H and O–H groups in total. The average Bonchev–Trinajstić information content (AvgIpc) is 3.17. The molecule has 0 saturated heterocycles. The number of carbonyl (C=O) groups excluding carboxylic acids is 2. The number of aromatic nitrogens is 3. The predicted molar refractivity (Wildman–Crippen MR) is 86.1 cm³/mol. The van der Waals surface area contributed by atoms with Crippen LogP contribution in [-0.4, -0.2) is 33.7 Å². The average molecular weight is 334 g/mol. The number of ether oxygens (including phenoxy) is 1. The van der Waals surface area contributed by atoms with Crippen LogP contribution >= 0.6 is 11.3 Å². The summed E-state index contributed by atoms with van der Waals surface area (Å²) in [5, 5.41) is 12.3. The molecule has 0 unspecified atom stereocenters.